The van der Waals surface area contributed by atoms with Gasteiger partial charge in [-0.25, -0.2) is 9.59 Å². The van der Waals surface area contributed by atoms with Crippen LogP contribution in [0.5, 0.6) is 0 Å². The van der Waals surface area contributed by atoms with Crippen molar-refractivity contribution in [3.63, 3.8) is 0 Å². The lowest BCUT2D eigenvalue weighted by Gasteiger charge is -2.36. The van der Waals surface area contributed by atoms with Crippen LogP contribution in [0.1, 0.15) is 96.0 Å². The smallest absolute Gasteiger partial charge is 0.411 e. The minimum atomic E-state index is -0.679. The second-order valence-electron chi connectivity index (χ2n) is 14.5. The minimum absolute atomic E-state index is 0.0313. The van der Waals surface area contributed by atoms with E-state index in [1.807, 2.05) is 66.7 Å². The first-order chi connectivity index (χ1) is 20.7. The number of likely N-dealkylation sites (tertiary alicyclic amines) is 1. The second kappa shape index (κ2) is 12.3. The second-order valence-corrected chi connectivity index (χ2v) is 14.5. The van der Waals surface area contributed by atoms with Crippen LogP contribution in [0.2, 0.25) is 0 Å². The molecule has 3 amide bonds. The van der Waals surface area contributed by atoms with Gasteiger partial charge < -0.3 is 25.0 Å². The Kier molecular flexibility index (Phi) is 8.87. The topological polar surface area (TPSA) is 100 Å². The van der Waals surface area contributed by atoms with Gasteiger partial charge in [0.15, 0.2) is 0 Å². The number of fused-ring (bicyclic) bond motifs is 2. The van der Waals surface area contributed by atoms with Crippen molar-refractivity contribution in [3.05, 3.63) is 64.7 Å². The first kappa shape index (κ1) is 31.7. The summed E-state index contributed by atoms with van der Waals surface area (Å²) in [7, 11) is 0. The zero-order valence-electron chi connectivity index (χ0n) is 27.2. The van der Waals surface area contributed by atoms with E-state index in [0.29, 0.717) is 19.5 Å². The summed E-state index contributed by atoms with van der Waals surface area (Å²) in [5.41, 5.74) is 4.34. The molecule has 0 radical (unpaired) electrons. The maximum absolute atomic E-state index is 13.8. The van der Waals surface area contributed by atoms with E-state index in [1.54, 1.807) is 9.80 Å². The van der Waals surface area contributed by atoms with Crippen molar-refractivity contribution < 1.29 is 23.9 Å². The number of ether oxygens (including phenoxy) is 2. The van der Waals surface area contributed by atoms with Crippen molar-refractivity contribution in [1.82, 2.24) is 15.1 Å². The highest BCUT2D eigenvalue weighted by atomic mass is 16.6. The molecule has 5 rings (SSSR count). The molecule has 44 heavy (non-hydrogen) atoms. The Balaban J connectivity index is 1.31. The summed E-state index contributed by atoms with van der Waals surface area (Å²) in [6.45, 7) is 14.0. The van der Waals surface area contributed by atoms with Crippen LogP contribution in [-0.2, 0) is 33.7 Å². The van der Waals surface area contributed by atoms with Crippen LogP contribution in [-0.4, -0.2) is 63.8 Å². The zero-order valence-corrected chi connectivity index (χ0v) is 27.2. The molecule has 2 unspecified atom stereocenters. The monoisotopic (exact) mass is 604 g/mol. The van der Waals surface area contributed by atoms with E-state index in [9.17, 15) is 14.4 Å². The number of anilines is 1. The van der Waals surface area contributed by atoms with Crippen LogP contribution in [0.3, 0.4) is 0 Å². The number of amides is 3. The summed E-state index contributed by atoms with van der Waals surface area (Å²) in [5.74, 6) is -0.158. The quantitative estimate of drug-likeness (QED) is 0.422. The first-order valence-corrected chi connectivity index (χ1v) is 15.9. The van der Waals surface area contributed by atoms with Gasteiger partial charge in [0.05, 0.1) is 6.04 Å². The fourth-order valence-electron chi connectivity index (χ4n) is 6.51. The number of hydrogen-bond donors (Lipinski definition) is 2. The van der Waals surface area contributed by atoms with Crippen LogP contribution in [0, 0.1) is 0 Å². The fourth-order valence-corrected chi connectivity index (χ4v) is 6.51. The number of nitrogens with one attached hydrogen (secondary N) is 2. The van der Waals surface area contributed by atoms with Gasteiger partial charge in [-0.15, -0.1) is 0 Å². The van der Waals surface area contributed by atoms with Crippen molar-refractivity contribution in [2.24, 2.45) is 0 Å². The van der Waals surface area contributed by atoms with Crippen molar-refractivity contribution in [2.75, 3.05) is 11.9 Å². The molecule has 2 heterocycles. The Morgan fingerprint density at radius 3 is 2.25 bits per heavy atom. The molecule has 0 aromatic heterocycles. The van der Waals surface area contributed by atoms with Crippen molar-refractivity contribution >= 4 is 23.8 Å². The molecule has 0 saturated carbocycles. The summed E-state index contributed by atoms with van der Waals surface area (Å²) in [4.78, 5) is 43.4. The normalized spacial score (nSPS) is 23.3. The molecule has 0 spiro atoms. The molecule has 2 aromatic rings. The number of hydrogen-bond acceptors (Lipinski definition) is 6. The van der Waals surface area contributed by atoms with Crippen molar-refractivity contribution in [2.45, 2.75) is 122 Å². The summed E-state index contributed by atoms with van der Waals surface area (Å²) in [5, 5.41) is 6.83. The lowest BCUT2D eigenvalue weighted by Crippen LogP contribution is -2.48. The maximum atomic E-state index is 13.8. The predicted molar refractivity (Wildman–Crippen MR) is 170 cm³/mol. The van der Waals surface area contributed by atoms with Gasteiger partial charge in [-0.1, -0.05) is 30.3 Å². The van der Waals surface area contributed by atoms with Gasteiger partial charge in [-0.05, 0) is 115 Å². The van der Waals surface area contributed by atoms with E-state index in [0.717, 1.165) is 42.5 Å². The van der Waals surface area contributed by atoms with E-state index in [4.69, 9.17) is 9.47 Å². The number of rotatable bonds is 4. The van der Waals surface area contributed by atoms with Crippen molar-refractivity contribution in [3.8, 4) is 0 Å². The van der Waals surface area contributed by atoms with Crippen LogP contribution >= 0.6 is 0 Å². The van der Waals surface area contributed by atoms with Gasteiger partial charge >= 0.3 is 12.2 Å². The van der Waals surface area contributed by atoms with E-state index < -0.39 is 23.3 Å². The molecule has 4 atom stereocenters. The van der Waals surface area contributed by atoms with Crippen molar-refractivity contribution in [1.29, 1.82) is 0 Å². The van der Waals surface area contributed by atoms with Gasteiger partial charge in [0, 0.05) is 30.9 Å². The molecule has 1 fully saturated rings. The van der Waals surface area contributed by atoms with Gasteiger partial charge in [0.25, 0.3) is 0 Å². The standard InChI is InChI=1S/C35H48N4O5/c1-22-17-24-15-16-26(18-25(24)20-38(22)32(41)43-34(2,3)4)36-27-19-30(39(21-27)33(42)44-35(5,6)7)31(40)37-29-14-10-12-23-11-8-9-13-28(23)29/h8-9,11,13,15-16,18,22,27,29-30,36H,10,12,14,17,19-21H2,1-7H3,(H,37,40)/t22?,27-,29?,30+/m0/s1. The lowest BCUT2D eigenvalue weighted by molar-refractivity contribution is -0.126. The van der Waals surface area contributed by atoms with Gasteiger partial charge in [-0.2, -0.15) is 0 Å². The van der Waals surface area contributed by atoms with E-state index >= 15 is 0 Å². The minimum Gasteiger partial charge on any atom is -0.444 e. The molecule has 9 heteroatoms. The molecular weight excluding hydrogens is 556 g/mol. The maximum Gasteiger partial charge on any atom is 0.411 e. The average Bonchev–Trinajstić information content (AvgIpc) is 3.35. The number of carbonyl (C=O) groups excluding carboxylic acids is 3. The Morgan fingerprint density at radius 1 is 0.864 bits per heavy atom. The Bertz CT molecular complexity index is 1390. The molecule has 2 aromatic carbocycles. The highest BCUT2D eigenvalue weighted by Crippen LogP contribution is 2.32. The molecule has 2 aliphatic heterocycles. The Labute approximate surface area is 261 Å². The largest absolute Gasteiger partial charge is 0.444 e. The summed E-state index contributed by atoms with van der Waals surface area (Å²) in [6.07, 6.45) is 3.30. The number of carbonyl (C=O) groups is 3. The summed E-state index contributed by atoms with van der Waals surface area (Å²) >= 11 is 0. The highest BCUT2D eigenvalue weighted by molar-refractivity contribution is 5.87. The van der Waals surface area contributed by atoms with Crippen LogP contribution in [0.25, 0.3) is 0 Å². The molecule has 9 nitrogen and oxygen atoms in total. The zero-order chi connectivity index (χ0) is 31.8. The van der Waals surface area contributed by atoms with Crippen LogP contribution < -0.4 is 10.6 Å². The third-order valence-corrected chi connectivity index (χ3v) is 8.51. The third kappa shape index (κ3) is 7.48. The molecule has 1 aliphatic carbocycles. The first-order valence-electron chi connectivity index (χ1n) is 15.9. The Hall–Kier alpha value is -3.75. The highest BCUT2D eigenvalue weighted by Gasteiger charge is 2.42. The molecule has 238 valence electrons. The predicted octanol–water partition coefficient (Wildman–Crippen LogP) is 6.35. The van der Waals surface area contributed by atoms with Gasteiger partial charge in [0.1, 0.15) is 17.2 Å². The Morgan fingerprint density at radius 2 is 1.55 bits per heavy atom. The lowest BCUT2D eigenvalue weighted by atomic mass is 9.87. The van der Waals surface area contributed by atoms with Crippen LogP contribution in [0.4, 0.5) is 15.3 Å². The van der Waals surface area contributed by atoms with Gasteiger partial charge in [-0.3, -0.25) is 9.69 Å². The molecular formula is C35H48N4O5. The molecule has 2 N–H and O–H groups in total. The van der Waals surface area contributed by atoms with E-state index in [1.165, 1.54) is 11.1 Å². The molecule has 0 bridgehead atoms. The average molecular weight is 605 g/mol. The number of nitrogens with zero attached hydrogens (tertiary/aromatic N) is 2. The number of aryl methyl sites for hydroxylation is 1. The molecule has 1 saturated heterocycles. The van der Waals surface area contributed by atoms with E-state index in [-0.39, 0.29) is 30.1 Å². The van der Waals surface area contributed by atoms with Gasteiger partial charge in [0.2, 0.25) is 5.91 Å². The summed E-state index contributed by atoms with van der Waals surface area (Å²) < 4.78 is 11.4. The van der Waals surface area contributed by atoms with Crippen LogP contribution in [0.15, 0.2) is 42.5 Å². The fraction of sp³-hybridized carbons (Fsp3) is 0.571. The summed E-state index contributed by atoms with van der Waals surface area (Å²) in [6, 6.07) is 13.6. The third-order valence-electron chi connectivity index (χ3n) is 8.51. The van der Waals surface area contributed by atoms with E-state index in [2.05, 4.69) is 34.9 Å². The molecule has 3 aliphatic rings. The SMILES string of the molecule is CC1Cc2ccc(N[C@H]3C[C@H](C(=O)NC4CCCc5ccccc54)N(C(=O)OC(C)(C)C)C3)cc2CN1C(=O)OC(C)(C)C. The number of benzene rings is 2.